The summed E-state index contributed by atoms with van der Waals surface area (Å²) in [7, 11) is 0. The van der Waals surface area contributed by atoms with E-state index < -0.39 is 0 Å². The second-order valence-corrected chi connectivity index (χ2v) is 6.26. The molecular formula is C16H24N4O3. The highest BCUT2D eigenvalue weighted by Gasteiger charge is 2.35. The number of nitrogens with zero attached hydrogens (tertiary/aromatic N) is 3. The van der Waals surface area contributed by atoms with Gasteiger partial charge in [0.25, 0.3) is 0 Å². The van der Waals surface area contributed by atoms with Crippen LogP contribution < -0.4 is 0 Å². The van der Waals surface area contributed by atoms with Gasteiger partial charge in [0.2, 0.25) is 11.8 Å². The summed E-state index contributed by atoms with van der Waals surface area (Å²) >= 11 is 0. The van der Waals surface area contributed by atoms with Gasteiger partial charge >= 0.3 is 0 Å². The second kappa shape index (κ2) is 7.12. The van der Waals surface area contributed by atoms with E-state index in [1.165, 1.54) is 0 Å². The number of likely N-dealkylation sites (tertiary alicyclic amines) is 1. The maximum Gasteiger partial charge on any atom is 0.245 e. The van der Waals surface area contributed by atoms with Crippen molar-refractivity contribution in [3.05, 3.63) is 17.5 Å². The van der Waals surface area contributed by atoms with Crippen molar-refractivity contribution in [3.8, 4) is 0 Å². The van der Waals surface area contributed by atoms with E-state index in [0.29, 0.717) is 32.8 Å². The SMILES string of the molecule is Cc1cc(CC(=O)N2CCCCC2C(=O)N2CCOCC2)n[nH]1. The zero-order valence-electron chi connectivity index (χ0n) is 13.6. The van der Waals surface area contributed by atoms with Crippen molar-refractivity contribution in [2.75, 3.05) is 32.8 Å². The molecule has 2 amide bonds. The molecule has 1 aromatic rings. The molecule has 2 aliphatic heterocycles. The number of hydrogen-bond acceptors (Lipinski definition) is 4. The van der Waals surface area contributed by atoms with Gasteiger partial charge in [-0.25, -0.2) is 0 Å². The Morgan fingerprint density at radius 2 is 2.09 bits per heavy atom. The highest BCUT2D eigenvalue weighted by molar-refractivity contribution is 5.88. The van der Waals surface area contributed by atoms with Crippen molar-refractivity contribution in [2.45, 2.75) is 38.6 Å². The van der Waals surface area contributed by atoms with Crippen LogP contribution in [0.4, 0.5) is 0 Å². The molecule has 7 nitrogen and oxygen atoms in total. The Morgan fingerprint density at radius 3 is 2.78 bits per heavy atom. The van der Waals surface area contributed by atoms with Crippen LogP contribution in [0.5, 0.6) is 0 Å². The van der Waals surface area contributed by atoms with E-state index in [2.05, 4.69) is 10.2 Å². The Balaban J connectivity index is 1.67. The summed E-state index contributed by atoms with van der Waals surface area (Å²) in [5, 5.41) is 6.98. The standard InChI is InChI=1S/C16H24N4O3/c1-12-10-13(18-17-12)11-15(21)20-5-3-2-4-14(20)16(22)19-6-8-23-9-7-19/h10,14H,2-9,11H2,1H3,(H,17,18). The van der Waals surface area contributed by atoms with Gasteiger partial charge in [-0.1, -0.05) is 0 Å². The molecule has 7 heteroatoms. The van der Waals surface area contributed by atoms with E-state index in [4.69, 9.17) is 4.74 Å². The summed E-state index contributed by atoms with van der Waals surface area (Å²) in [4.78, 5) is 29.0. The molecule has 0 bridgehead atoms. The number of nitrogens with one attached hydrogen (secondary N) is 1. The Morgan fingerprint density at radius 1 is 1.30 bits per heavy atom. The third kappa shape index (κ3) is 3.72. The van der Waals surface area contributed by atoms with Gasteiger partial charge in [-0.15, -0.1) is 0 Å². The average Bonchev–Trinajstić information content (AvgIpc) is 3.00. The van der Waals surface area contributed by atoms with Crippen molar-refractivity contribution in [2.24, 2.45) is 0 Å². The maximum atomic E-state index is 12.8. The van der Waals surface area contributed by atoms with E-state index >= 15 is 0 Å². The summed E-state index contributed by atoms with van der Waals surface area (Å²) in [6.07, 6.45) is 2.95. The topological polar surface area (TPSA) is 78.5 Å². The lowest BCUT2D eigenvalue weighted by Gasteiger charge is -2.38. The first kappa shape index (κ1) is 16.0. The Bertz CT molecular complexity index is 565. The van der Waals surface area contributed by atoms with Crippen molar-refractivity contribution in [1.29, 1.82) is 0 Å². The summed E-state index contributed by atoms with van der Waals surface area (Å²) in [6.45, 7) is 4.97. The normalized spacial score (nSPS) is 22.2. The molecule has 0 saturated carbocycles. The number of amides is 2. The minimum Gasteiger partial charge on any atom is -0.378 e. The van der Waals surface area contributed by atoms with Gasteiger partial charge in [-0.3, -0.25) is 14.7 Å². The molecule has 1 N–H and O–H groups in total. The first-order chi connectivity index (χ1) is 11.1. The number of hydrogen-bond donors (Lipinski definition) is 1. The average molecular weight is 320 g/mol. The first-order valence-electron chi connectivity index (χ1n) is 8.32. The van der Waals surface area contributed by atoms with E-state index in [0.717, 1.165) is 30.7 Å². The number of carbonyl (C=O) groups excluding carboxylic acids is 2. The number of piperidine rings is 1. The van der Waals surface area contributed by atoms with Crippen LogP contribution in [0, 0.1) is 6.92 Å². The van der Waals surface area contributed by atoms with Gasteiger partial charge in [-0.2, -0.15) is 5.10 Å². The van der Waals surface area contributed by atoms with Gasteiger partial charge in [0.1, 0.15) is 6.04 Å². The smallest absolute Gasteiger partial charge is 0.245 e. The first-order valence-corrected chi connectivity index (χ1v) is 8.32. The van der Waals surface area contributed by atoms with Crippen LogP contribution >= 0.6 is 0 Å². The molecule has 0 spiro atoms. The van der Waals surface area contributed by atoms with Crippen LogP contribution in [-0.4, -0.2) is 70.7 Å². The number of carbonyl (C=O) groups is 2. The Kier molecular flexibility index (Phi) is 4.95. The number of aromatic nitrogens is 2. The van der Waals surface area contributed by atoms with Gasteiger partial charge < -0.3 is 14.5 Å². The Hall–Kier alpha value is -1.89. The van der Waals surface area contributed by atoms with Crippen LogP contribution in [0.3, 0.4) is 0 Å². The van der Waals surface area contributed by atoms with Crippen molar-refractivity contribution < 1.29 is 14.3 Å². The lowest BCUT2D eigenvalue weighted by molar-refractivity contribution is -0.149. The van der Waals surface area contributed by atoms with Crippen LogP contribution in [0.1, 0.15) is 30.7 Å². The Labute approximate surface area is 136 Å². The number of H-pyrrole nitrogens is 1. The van der Waals surface area contributed by atoms with Gasteiger partial charge in [-0.05, 0) is 32.3 Å². The quantitative estimate of drug-likeness (QED) is 0.880. The molecule has 1 aromatic heterocycles. The predicted molar refractivity (Wildman–Crippen MR) is 83.8 cm³/mol. The van der Waals surface area contributed by atoms with Crippen molar-refractivity contribution >= 4 is 11.8 Å². The highest BCUT2D eigenvalue weighted by atomic mass is 16.5. The maximum absolute atomic E-state index is 12.8. The fourth-order valence-corrected chi connectivity index (χ4v) is 3.30. The summed E-state index contributed by atoms with van der Waals surface area (Å²) < 4.78 is 5.31. The molecule has 1 atom stereocenters. The largest absolute Gasteiger partial charge is 0.378 e. The van der Waals surface area contributed by atoms with Gasteiger partial charge in [0.05, 0.1) is 25.3 Å². The fourth-order valence-electron chi connectivity index (χ4n) is 3.30. The molecule has 2 fully saturated rings. The zero-order chi connectivity index (χ0) is 16.2. The van der Waals surface area contributed by atoms with Crippen molar-refractivity contribution in [1.82, 2.24) is 20.0 Å². The molecule has 2 aliphatic rings. The number of aromatic amines is 1. The number of rotatable bonds is 3. The van der Waals surface area contributed by atoms with E-state index in [1.54, 1.807) is 4.90 Å². The minimum absolute atomic E-state index is 0.0113. The zero-order valence-corrected chi connectivity index (χ0v) is 13.6. The van der Waals surface area contributed by atoms with Crippen LogP contribution in [0.15, 0.2) is 6.07 Å². The third-order valence-corrected chi connectivity index (χ3v) is 4.52. The lowest BCUT2D eigenvalue weighted by Crippen LogP contribution is -2.55. The van der Waals surface area contributed by atoms with E-state index in [9.17, 15) is 9.59 Å². The summed E-state index contributed by atoms with van der Waals surface area (Å²) in [5.41, 5.74) is 1.67. The molecule has 0 radical (unpaired) electrons. The van der Waals surface area contributed by atoms with Crippen LogP contribution in [0.2, 0.25) is 0 Å². The molecule has 2 saturated heterocycles. The van der Waals surface area contributed by atoms with Crippen LogP contribution in [0.25, 0.3) is 0 Å². The molecule has 0 aromatic carbocycles. The predicted octanol–water partition coefficient (Wildman–Crippen LogP) is 0.501. The number of aryl methyl sites for hydroxylation is 1. The molecule has 126 valence electrons. The number of ether oxygens (including phenoxy) is 1. The van der Waals surface area contributed by atoms with Crippen LogP contribution in [-0.2, 0) is 20.7 Å². The van der Waals surface area contributed by atoms with E-state index in [1.807, 2.05) is 17.9 Å². The molecule has 0 aliphatic carbocycles. The second-order valence-electron chi connectivity index (χ2n) is 6.26. The molecule has 3 heterocycles. The summed E-state index contributed by atoms with van der Waals surface area (Å²) in [5.74, 6) is 0.0577. The number of morpholine rings is 1. The fraction of sp³-hybridized carbons (Fsp3) is 0.688. The summed E-state index contributed by atoms with van der Waals surface area (Å²) in [6, 6.07) is 1.55. The monoisotopic (exact) mass is 320 g/mol. The van der Waals surface area contributed by atoms with Gasteiger partial charge in [0, 0.05) is 25.3 Å². The lowest BCUT2D eigenvalue weighted by atomic mass is 10.00. The molecular weight excluding hydrogens is 296 g/mol. The van der Waals surface area contributed by atoms with Crippen molar-refractivity contribution in [3.63, 3.8) is 0 Å². The molecule has 3 rings (SSSR count). The van der Waals surface area contributed by atoms with Gasteiger partial charge in [0.15, 0.2) is 0 Å². The molecule has 23 heavy (non-hydrogen) atoms. The third-order valence-electron chi connectivity index (χ3n) is 4.52. The van der Waals surface area contributed by atoms with E-state index in [-0.39, 0.29) is 24.3 Å². The highest BCUT2D eigenvalue weighted by Crippen LogP contribution is 2.21. The minimum atomic E-state index is -0.325. The molecule has 1 unspecified atom stereocenters.